The number of anilines is 2. The lowest BCUT2D eigenvalue weighted by atomic mass is 10.2. The summed E-state index contributed by atoms with van der Waals surface area (Å²) in [6.45, 7) is -0.107. The Hall–Kier alpha value is -3.85. The molecule has 0 aliphatic carbocycles. The van der Waals surface area contributed by atoms with E-state index >= 15 is 0 Å². The molecule has 0 radical (unpaired) electrons. The van der Waals surface area contributed by atoms with Gasteiger partial charge in [-0.25, -0.2) is 4.79 Å². The van der Waals surface area contributed by atoms with Crippen molar-refractivity contribution in [1.29, 1.82) is 0 Å². The normalized spacial score (nSPS) is 10.1. The van der Waals surface area contributed by atoms with Gasteiger partial charge in [0.1, 0.15) is 6.54 Å². The van der Waals surface area contributed by atoms with Crippen LogP contribution in [0.2, 0.25) is 0 Å². The lowest BCUT2D eigenvalue weighted by Crippen LogP contribution is -2.37. The van der Waals surface area contributed by atoms with Gasteiger partial charge in [-0.15, -0.1) is 6.42 Å². The molecule has 6 nitrogen and oxygen atoms in total. The van der Waals surface area contributed by atoms with Gasteiger partial charge in [0.2, 0.25) is 5.91 Å². The number of urea groups is 1. The van der Waals surface area contributed by atoms with Crippen LogP contribution in [0.15, 0.2) is 60.8 Å². The minimum atomic E-state index is -0.402. The molecule has 0 saturated heterocycles. The predicted octanol–water partition coefficient (Wildman–Crippen LogP) is 3.32. The molecule has 0 spiro atoms. The van der Waals surface area contributed by atoms with Gasteiger partial charge in [0.05, 0.1) is 11.2 Å². The van der Waals surface area contributed by atoms with Gasteiger partial charge in [-0.05, 0) is 30.3 Å². The molecular weight excluding hydrogens is 340 g/mol. The van der Waals surface area contributed by atoms with E-state index in [1.807, 2.05) is 24.3 Å². The van der Waals surface area contributed by atoms with Gasteiger partial charge in [-0.2, -0.15) is 0 Å². The molecule has 0 unspecified atom stereocenters. The van der Waals surface area contributed by atoms with Gasteiger partial charge in [-0.1, -0.05) is 30.2 Å². The zero-order valence-corrected chi connectivity index (χ0v) is 14.8. The van der Waals surface area contributed by atoms with Gasteiger partial charge in [-0.3, -0.25) is 9.78 Å². The number of rotatable bonds is 4. The highest BCUT2D eigenvalue weighted by Crippen LogP contribution is 2.20. The van der Waals surface area contributed by atoms with E-state index < -0.39 is 6.03 Å². The first-order valence-electron chi connectivity index (χ1n) is 8.29. The van der Waals surface area contributed by atoms with Crippen LogP contribution in [0.4, 0.5) is 16.2 Å². The first-order valence-corrected chi connectivity index (χ1v) is 8.29. The van der Waals surface area contributed by atoms with Crippen LogP contribution in [-0.2, 0) is 4.79 Å². The Morgan fingerprint density at radius 2 is 1.89 bits per heavy atom. The molecule has 0 aliphatic heterocycles. The topological polar surface area (TPSA) is 74.3 Å². The Kier molecular flexibility index (Phi) is 5.33. The van der Waals surface area contributed by atoms with Crippen molar-refractivity contribution < 1.29 is 9.59 Å². The lowest BCUT2D eigenvalue weighted by Gasteiger charge is -2.18. The molecule has 0 aliphatic rings. The largest absolute Gasteiger partial charge is 0.325 e. The summed E-state index contributed by atoms with van der Waals surface area (Å²) >= 11 is 0. The van der Waals surface area contributed by atoms with Gasteiger partial charge in [0, 0.05) is 29.9 Å². The highest BCUT2D eigenvalue weighted by atomic mass is 16.2. The molecule has 2 N–H and O–H groups in total. The number of amides is 3. The van der Waals surface area contributed by atoms with Gasteiger partial charge < -0.3 is 15.5 Å². The maximum absolute atomic E-state index is 12.4. The third-order valence-corrected chi connectivity index (χ3v) is 3.91. The van der Waals surface area contributed by atoms with E-state index in [9.17, 15) is 9.59 Å². The fourth-order valence-electron chi connectivity index (χ4n) is 2.59. The number of likely N-dealkylation sites (N-methyl/N-ethyl adjacent to an activating group) is 1. The Morgan fingerprint density at radius 1 is 1.11 bits per heavy atom. The van der Waals surface area contributed by atoms with Crippen molar-refractivity contribution in [3.8, 4) is 12.3 Å². The van der Waals surface area contributed by atoms with E-state index in [-0.39, 0.29) is 12.5 Å². The molecule has 6 heteroatoms. The zero-order chi connectivity index (χ0) is 19.2. The smallest absolute Gasteiger partial charge is 0.322 e. The lowest BCUT2D eigenvalue weighted by molar-refractivity contribution is -0.116. The summed E-state index contributed by atoms with van der Waals surface area (Å²) in [5, 5.41) is 6.44. The Morgan fingerprint density at radius 3 is 2.70 bits per heavy atom. The number of terminal acetylenes is 1. The van der Waals surface area contributed by atoms with Crippen LogP contribution in [0.1, 0.15) is 5.56 Å². The summed E-state index contributed by atoms with van der Waals surface area (Å²) < 4.78 is 0. The SMILES string of the molecule is C#Cc1cccc(NC(=O)CN(C)C(=O)Nc2cccc3cccnc23)c1. The number of hydrogen-bond donors (Lipinski definition) is 2. The number of pyridine rings is 1. The molecule has 1 aromatic heterocycles. The number of carbonyl (C=O) groups is 2. The van der Waals surface area contributed by atoms with Crippen LogP contribution in [0.25, 0.3) is 10.9 Å². The van der Waals surface area contributed by atoms with Crippen LogP contribution in [-0.4, -0.2) is 35.4 Å². The Labute approximate surface area is 157 Å². The molecule has 0 bridgehead atoms. The quantitative estimate of drug-likeness (QED) is 0.703. The Balaban J connectivity index is 1.63. The molecule has 0 atom stereocenters. The van der Waals surface area contributed by atoms with Crippen LogP contribution >= 0.6 is 0 Å². The molecule has 3 rings (SSSR count). The van der Waals surface area contributed by atoms with Crippen molar-refractivity contribution in [2.24, 2.45) is 0 Å². The summed E-state index contributed by atoms with van der Waals surface area (Å²) in [5.74, 6) is 2.19. The van der Waals surface area contributed by atoms with E-state index in [2.05, 4.69) is 21.5 Å². The number of carbonyl (C=O) groups excluding carboxylic acids is 2. The monoisotopic (exact) mass is 358 g/mol. The first-order chi connectivity index (χ1) is 13.1. The van der Waals surface area contributed by atoms with Crippen LogP contribution < -0.4 is 10.6 Å². The molecule has 134 valence electrons. The highest BCUT2D eigenvalue weighted by Gasteiger charge is 2.14. The number of nitrogens with zero attached hydrogens (tertiary/aromatic N) is 2. The van der Waals surface area contributed by atoms with E-state index in [1.54, 1.807) is 43.6 Å². The van der Waals surface area contributed by atoms with E-state index in [4.69, 9.17) is 6.42 Å². The Bertz CT molecular complexity index is 1030. The van der Waals surface area contributed by atoms with Crippen molar-refractivity contribution in [2.75, 3.05) is 24.2 Å². The molecule has 2 aromatic carbocycles. The second-order valence-corrected chi connectivity index (χ2v) is 5.94. The number of para-hydroxylation sites is 1. The number of benzene rings is 2. The maximum Gasteiger partial charge on any atom is 0.322 e. The van der Waals surface area contributed by atoms with Crippen LogP contribution in [0.3, 0.4) is 0 Å². The van der Waals surface area contributed by atoms with E-state index in [1.165, 1.54) is 4.90 Å². The minimum absolute atomic E-state index is 0.107. The summed E-state index contributed by atoms with van der Waals surface area (Å²) in [5.41, 5.74) is 2.54. The van der Waals surface area contributed by atoms with Crippen LogP contribution in [0.5, 0.6) is 0 Å². The second-order valence-electron chi connectivity index (χ2n) is 5.94. The summed E-state index contributed by atoms with van der Waals surface area (Å²) in [7, 11) is 1.55. The maximum atomic E-state index is 12.4. The average molecular weight is 358 g/mol. The third-order valence-electron chi connectivity index (χ3n) is 3.91. The molecule has 1 heterocycles. The first kappa shape index (κ1) is 18.0. The predicted molar refractivity (Wildman–Crippen MR) is 106 cm³/mol. The summed E-state index contributed by atoms with van der Waals surface area (Å²) in [6, 6.07) is 15.8. The number of fused-ring (bicyclic) bond motifs is 1. The molecule has 3 amide bonds. The number of hydrogen-bond acceptors (Lipinski definition) is 3. The van der Waals surface area contributed by atoms with Gasteiger partial charge in [0.25, 0.3) is 0 Å². The fraction of sp³-hybridized carbons (Fsp3) is 0.0952. The summed E-state index contributed by atoms with van der Waals surface area (Å²) in [4.78, 5) is 30.2. The molecular formula is C21H18N4O2. The van der Waals surface area contributed by atoms with Crippen molar-refractivity contribution in [3.05, 3.63) is 66.4 Å². The van der Waals surface area contributed by atoms with Crippen molar-refractivity contribution in [2.45, 2.75) is 0 Å². The van der Waals surface area contributed by atoms with Gasteiger partial charge >= 0.3 is 6.03 Å². The number of aromatic nitrogens is 1. The highest BCUT2D eigenvalue weighted by molar-refractivity contribution is 6.01. The van der Waals surface area contributed by atoms with E-state index in [0.717, 1.165) is 5.39 Å². The van der Waals surface area contributed by atoms with Crippen molar-refractivity contribution >= 4 is 34.2 Å². The molecule has 0 fully saturated rings. The van der Waals surface area contributed by atoms with Crippen molar-refractivity contribution in [1.82, 2.24) is 9.88 Å². The third kappa shape index (κ3) is 4.41. The molecule has 0 saturated carbocycles. The summed E-state index contributed by atoms with van der Waals surface area (Å²) in [6.07, 6.45) is 7.02. The standard InChI is InChI=1S/C21H18N4O2/c1-3-15-7-4-10-17(13-15)23-19(26)14-25(2)21(27)24-18-11-5-8-16-9-6-12-22-20(16)18/h1,4-13H,14H2,2H3,(H,23,26)(H,24,27). The average Bonchev–Trinajstić information content (AvgIpc) is 2.68. The second kappa shape index (κ2) is 8.02. The minimum Gasteiger partial charge on any atom is -0.325 e. The van der Waals surface area contributed by atoms with Gasteiger partial charge in [0.15, 0.2) is 0 Å². The van der Waals surface area contributed by atoms with Crippen molar-refractivity contribution in [3.63, 3.8) is 0 Å². The zero-order valence-electron chi connectivity index (χ0n) is 14.8. The molecule has 3 aromatic rings. The molecule has 27 heavy (non-hydrogen) atoms. The van der Waals surface area contributed by atoms with E-state index in [0.29, 0.717) is 22.5 Å². The fourth-order valence-corrected chi connectivity index (χ4v) is 2.59. The van der Waals surface area contributed by atoms with Crippen LogP contribution in [0, 0.1) is 12.3 Å². The number of nitrogens with one attached hydrogen (secondary N) is 2.